The van der Waals surface area contributed by atoms with Crippen molar-refractivity contribution in [3.8, 4) is 16.9 Å². The van der Waals surface area contributed by atoms with Gasteiger partial charge in [0.05, 0.1) is 11.4 Å². The van der Waals surface area contributed by atoms with Crippen LogP contribution < -0.4 is 5.56 Å². The van der Waals surface area contributed by atoms with E-state index in [2.05, 4.69) is 4.98 Å². The summed E-state index contributed by atoms with van der Waals surface area (Å²) in [5, 5.41) is 9.60. The van der Waals surface area contributed by atoms with Gasteiger partial charge in [-0.2, -0.15) is 4.52 Å². The molecule has 6 nitrogen and oxygen atoms in total. The van der Waals surface area contributed by atoms with E-state index in [4.69, 9.17) is 0 Å². The third kappa shape index (κ3) is 2.40. The van der Waals surface area contributed by atoms with Crippen LogP contribution in [-0.2, 0) is 0 Å². The molecule has 0 saturated heterocycles. The van der Waals surface area contributed by atoms with Crippen LogP contribution in [0.15, 0.2) is 77.7 Å². The molecule has 0 radical (unpaired) electrons. The Labute approximate surface area is 142 Å². The van der Waals surface area contributed by atoms with E-state index in [1.54, 1.807) is 41.2 Å². The van der Waals surface area contributed by atoms with Gasteiger partial charge in [-0.25, -0.2) is 9.78 Å². The second-order valence-electron chi connectivity index (χ2n) is 5.48. The average molecular weight is 331 g/mol. The summed E-state index contributed by atoms with van der Waals surface area (Å²) >= 11 is 0. The van der Waals surface area contributed by atoms with Crippen LogP contribution in [0, 0.1) is 0 Å². The highest BCUT2D eigenvalue weighted by Gasteiger charge is 2.22. The lowest BCUT2D eigenvalue weighted by Crippen LogP contribution is -2.27. The van der Waals surface area contributed by atoms with Crippen molar-refractivity contribution in [2.24, 2.45) is 0 Å². The molecule has 2 heterocycles. The Morgan fingerprint density at radius 3 is 2.20 bits per heavy atom. The van der Waals surface area contributed by atoms with Crippen molar-refractivity contribution in [2.75, 3.05) is 0 Å². The van der Waals surface area contributed by atoms with Gasteiger partial charge in [0, 0.05) is 17.8 Å². The highest BCUT2D eigenvalue weighted by atomic mass is 16.4. The molecule has 0 unspecified atom stereocenters. The van der Waals surface area contributed by atoms with E-state index in [-0.39, 0.29) is 11.3 Å². The summed E-state index contributed by atoms with van der Waals surface area (Å²) in [5.74, 6) is -1.30. The summed E-state index contributed by atoms with van der Waals surface area (Å²) in [4.78, 5) is 29.1. The van der Waals surface area contributed by atoms with Crippen LogP contribution in [0.25, 0.3) is 22.6 Å². The van der Waals surface area contributed by atoms with Crippen molar-refractivity contribution in [3.63, 3.8) is 0 Å². The van der Waals surface area contributed by atoms with Crippen LogP contribution in [0.1, 0.15) is 10.4 Å². The van der Waals surface area contributed by atoms with Crippen LogP contribution in [0.5, 0.6) is 0 Å². The predicted molar refractivity (Wildman–Crippen MR) is 93.2 cm³/mol. The molecule has 1 N–H and O–H groups in total. The first kappa shape index (κ1) is 14.9. The Balaban J connectivity index is 2.07. The number of carbonyl (C=O) groups is 1. The fraction of sp³-hybridized carbons (Fsp3) is 0. The molecule has 4 rings (SSSR count). The number of rotatable bonds is 3. The highest BCUT2D eigenvalue weighted by molar-refractivity contribution is 5.94. The van der Waals surface area contributed by atoms with Crippen molar-refractivity contribution in [1.82, 2.24) is 14.2 Å². The monoisotopic (exact) mass is 331 g/mol. The third-order valence-corrected chi connectivity index (χ3v) is 3.95. The van der Waals surface area contributed by atoms with Gasteiger partial charge in [0.25, 0.3) is 5.56 Å². The van der Waals surface area contributed by atoms with Crippen molar-refractivity contribution in [1.29, 1.82) is 0 Å². The molecule has 25 heavy (non-hydrogen) atoms. The van der Waals surface area contributed by atoms with Gasteiger partial charge in [0.2, 0.25) is 0 Å². The number of aromatic nitrogens is 3. The van der Waals surface area contributed by atoms with Gasteiger partial charge in [-0.3, -0.25) is 9.48 Å². The number of hydrogen-bond acceptors (Lipinski definition) is 3. The molecule has 0 aliphatic rings. The Kier molecular flexibility index (Phi) is 3.43. The topological polar surface area (TPSA) is 76.6 Å². The normalized spacial score (nSPS) is 10.9. The molecule has 0 atom stereocenters. The SMILES string of the molecule is O=C(O)c1c(-c2ccccc2)nc2ccn(-c3ccccc3)n2c1=O. The maximum Gasteiger partial charge on any atom is 0.343 e. The van der Waals surface area contributed by atoms with Crippen molar-refractivity contribution >= 4 is 11.6 Å². The lowest BCUT2D eigenvalue weighted by Gasteiger charge is -2.10. The van der Waals surface area contributed by atoms with E-state index in [9.17, 15) is 14.7 Å². The van der Waals surface area contributed by atoms with Crippen LogP contribution in [0.3, 0.4) is 0 Å². The third-order valence-electron chi connectivity index (χ3n) is 3.95. The molecular weight excluding hydrogens is 318 g/mol. The quantitative estimate of drug-likeness (QED) is 0.626. The number of nitrogens with zero attached hydrogens (tertiary/aromatic N) is 3. The summed E-state index contributed by atoms with van der Waals surface area (Å²) in [7, 11) is 0. The minimum atomic E-state index is -1.30. The molecule has 0 bridgehead atoms. The van der Waals surface area contributed by atoms with Crippen LogP contribution in [-0.4, -0.2) is 25.3 Å². The van der Waals surface area contributed by atoms with Gasteiger partial charge in [-0.15, -0.1) is 0 Å². The standard InChI is InChI=1S/C19H13N3O3/c23-18-16(19(24)25)17(13-7-3-1-4-8-13)20-15-11-12-21(22(15)18)14-9-5-2-6-10-14/h1-12H,(H,24,25). The highest BCUT2D eigenvalue weighted by Crippen LogP contribution is 2.21. The Morgan fingerprint density at radius 2 is 1.56 bits per heavy atom. The molecule has 2 aromatic carbocycles. The molecule has 0 fully saturated rings. The summed E-state index contributed by atoms with van der Waals surface area (Å²) in [6, 6.07) is 19.7. The van der Waals surface area contributed by atoms with Crippen molar-refractivity contribution < 1.29 is 9.90 Å². The molecule has 0 aliphatic carbocycles. The smallest absolute Gasteiger partial charge is 0.343 e. The van der Waals surface area contributed by atoms with Crippen LogP contribution in [0.4, 0.5) is 0 Å². The molecule has 0 aliphatic heterocycles. The second kappa shape index (κ2) is 5.76. The fourth-order valence-corrected chi connectivity index (χ4v) is 2.83. The number of hydrogen-bond donors (Lipinski definition) is 1. The lowest BCUT2D eigenvalue weighted by atomic mass is 10.1. The van der Waals surface area contributed by atoms with E-state index in [0.717, 1.165) is 5.69 Å². The van der Waals surface area contributed by atoms with Gasteiger partial charge in [0.1, 0.15) is 0 Å². The van der Waals surface area contributed by atoms with Gasteiger partial charge >= 0.3 is 5.97 Å². The van der Waals surface area contributed by atoms with E-state index in [0.29, 0.717) is 11.2 Å². The Hall–Kier alpha value is -3.67. The minimum absolute atomic E-state index is 0.170. The first-order chi connectivity index (χ1) is 12.2. The maximum atomic E-state index is 12.9. The summed E-state index contributed by atoms with van der Waals surface area (Å²) in [5.41, 5.74) is 0.920. The molecule has 4 aromatic rings. The first-order valence-electron chi connectivity index (χ1n) is 7.65. The van der Waals surface area contributed by atoms with E-state index < -0.39 is 11.5 Å². The zero-order valence-corrected chi connectivity index (χ0v) is 13.0. The van der Waals surface area contributed by atoms with Gasteiger partial charge < -0.3 is 5.11 Å². The largest absolute Gasteiger partial charge is 0.477 e. The Morgan fingerprint density at radius 1 is 0.920 bits per heavy atom. The average Bonchev–Trinajstić information content (AvgIpc) is 3.07. The predicted octanol–water partition coefficient (Wildman–Crippen LogP) is 2.85. The summed E-state index contributed by atoms with van der Waals surface area (Å²) in [6.45, 7) is 0. The summed E-state index contributed by atoms with van der Waals surface area (Å²) in [6.07, 6.45) is 1.69. The van der Waals surface area contributed by atoms with E-state index in [1.807, 2.05) is 36.4 Å². The van der Waals surface area contributed by atoms with Gasteiger partial charge in [-0.1, -0.05) is 48.5 Å². The molecule has 0 saturated carbocycles. The number of carboxylic acid groups (broad SMARTS) is 1. The minimum Gasteiger partial charge on any atom is -0.477 e. The van der Waals surface area contributed by atoms with E-state index in [1.165, 1.54) is 4.52 Å². The molecule has 6 heteroatoms. The molecule has 122 valence electrons. The van der Waals surface area contributed by atoms with Crippen molar-refractivity contribution in [3.05, 3.63) is 88.8 Å². The molecular formula is C19H13N3O3. The number of benzene rings is 2. The maximum absolute atomic E-state index is 12.9. The number of para-hydroxylation sites is 1. The van der Waals surface area contributed by atoms with Gasteiger partial charge in [0.15, 0.2) is 11.2 Å². The number of aromatic carboxylic acids is 1. The molecule has 0 amide bonds. The fourth-order valence-electron chi connectivity index (χ4n) is 2.83. The summed E-state index contributed by atoms with van der Waals surface area (Å²) < 4.78 is 2.86. The first-order valence-corrected chi connectivity index (χ1v) is 7.65. The van der Waals surface area contributed by atoms with E-state index >= 15 is 0 Å². The Bertz CT molecular complexity index is 1130. The zero-order chi connectivity index (χ0) is 17.4. The second-order valence-corrected chi connectivity index (χ2v) is 5.48. The van der Waals surface area contributed by atoms with Gasteiger partial charge in [-0.05, 0) is 12.1 Å². The molecule has 2 aromatic heterocycles. The lowest BCUT2D eigenvalue weighted by molar-refractivity contribution is 0.0695. The molecule has 0 spiro atoms. The number of fused-ring (bicyclic) bond motifs is 1. The van der Waals surface area contributed by atoms with Crippen LogP contribution in [0.2, 0.25) is 0 Å². The number of carboxylic acids is 1. The van der Waals surface area contributed by atoms with Crippen molar-refractivity contribution in [2.45, 2.75) is 0 Å². The zero-order valence-electron chi connectivity index (χ0n) is 13.0. The van der Waals surface area contributed by atoms with Crippen LogP contribution >= 0.6 is 0 Å².